The Labute approximate surface area is 194 Å². The summed E-state index contributed by atoms with van der Waals surface area (Å²) in [6, 6.07) is -0.0528. The molecule has 1 heterocycles. The fourth-order valence-corrected chi connectivity index (χ4v) is 4.93. The minimum Gasteiger partial charge on any atom is -0.412 e. The molecule has 2 aliphatic carbocycles. The first-order valence-electron chi connectivity index (χ1n) is 11.0. The van der Waals surface area contributed by atoms with Crippen molar-refractivity contribution in [2.45, 2.75) is 91.7 Å². The third kappa shape index (κ3) is 9.22. The van der Waals surface area contributed by atoms with Crippen LogP contribution in [0.3, 0.4) is 0 Å². The van der Waals surface area contributed by atoms with Crippen LogP contribution in [-0.2, 0) is 4.79 Å². The van der Waals surface area contributed by atoms with Crippen molar-refractivity contribution in [3.63, 3.8) is 0 Å². The Kier molecular flexibility index (Phi) is 15.6. The largest absolute Gasteiger partial charge is 0.412 e. The first-order valence-corrected chi connectivity index (χ1v) is 11.4. The lowest BCUT2D eigenvalue weighted by Gasteiger charge is -2.46. The van der Waals surface area contributed by atoms with Gasteiger partial charge in [-0.2, -0.15) is 0 Å². The normalized spacial score (nSPS) is 23.5. The minimum atomic E-state index is -0.0528. The second-order valence-corrected chi connectivity index (χ2v) is 9.62. The van der Waals surface area contributed by atoms with E-state index in [4.69, 9.17) is 16.7 Å². The molecule has 0 radical (unpaired) electrons. The number of hydrogen-bond donors (Lipinski definition) is 2. The average molecular weight is 463 g/mol. The Hall–Kier alpha value is -0.920. The monoisotopic (exact) mass is 462 g/mol. The van der Waals surface area contributed by atoms with Gasteiger partial charge >= 0.3 is 0 Å². The zero-order chi connectivity index (χ0) is 20.7. The molecule has 0 spiro atoms. The molecule has 0 bridgehead atoms. The highest BCUT2D eigenvalue weighted by atomic mass is 35.5. The van der Waals surface area contributed by atoms with Crippen molar-refractivity contribution in [1.82, 2.24) is 10.2 Å². The van der Waals surface area contributed by atoms with Gasteiger partial charge in [0, 0.05) is 18.1 Å². The predicted octanol–water partition coefficient (Wildman–Crippen LogP) is 3.61. The number of aliphatic hydroxyl groups is 1. The average Bonchev–Trinajstić information content (AvgIpc) is 3.14. The number of amides is 1. The summed E-state index contributed by atoms with van der Waals surface area (Å²) in [4.78, 5) is 14.6. The van der Waals surface area contributed by atoms with Crippen LogP contribution in [0.25, 0.3) is 0 Å². The van der Waals surface area contributed by atoms with Gasteiger partial charge in [0.05, 0.1) is 12.1 Å². The van der Waals surface area contributed by atoms with Gasteiger partial charge in [0.15, 0.2) is 0 Å². The molecule has 6 nitrogen and oxygen atoms in total. The number of piperidine rings is 1. The molecule has 0 aromatic carbocycles. The predicted molar refractivity (Wildman–Crippen MR) is 131 cm³/mol. The smallest absolute Gasteiger partial charge is 0.239 e. The molecular formula is C24H47ClN2O4. The van der Waals surface area contributed by atoms with E-state index in [1.165, 1.54) is 18.4 Å². The van der Waals surface area contributed by atoms with Crippen molar-refractivity contribution >= 4 is 17.5 Å². The van der Waals surface area contributed by atoms with E-state index in [-0.39, 0.29) is 41.8 Å². The van der Waals surface area contributed by atoms with E-state index in [9.17, 15) is 4.79 Å². The zero-order valence-corrected chi connectivity index (χ0v) is 19.9. The minimum absolute atomic E-state index is 0. The molecule has 1 saturated heterocycles. The standard InChI is InChI=1S/C18H29ClN2O.C5H10O.CH4.2H2O/c1-5-16(20-4)17(22)21-11-10-15(18(2,3)12-21)13-6-8-14(19)9-7-13;6-5-3-1-2-4-5;;;/h6,8,15-16,20H,5,7,9-12H2,1-4H3;5-6H,1-4H2;1H4;2*1H2/t15?,16-;;;;/m1..../s1. The molecule has 1 aliphatic heterocycles. The van der Waals surface area contributed by atoms with Crippen LogP contribution < -0.4 is 5.32 Å². The van der Waals surface area contributed by atoms with Crippen molar-refractivity contribution in [1.29, 1.82) is 0 Å². The van der Waals surface area contributed by atoms with Crippen LogP contribution in [-0.4, -0.2) is 59.1 Å². The molecule has 3 aliphatic rings. The van der Waals surface area contributed by atoms with E-state index in [0.717, 1.165) is 56.6 Å². The maximum absolute atomic E-state index is 12.6. The summed E-state index contributed by atoms with van der Waals surface area (Å²) in [5, 5.41) is 12.8. The first-order chi connectivity index (χ1) is 13.3. The Morgan fingerprint density at radius 1 is 1.23 bits per heavy atom. The number of nitrogens with zero attached hydrogens (tertiary/aromatic N) is 1. The maximum atomic E-state index is 12.6. The van der Waals surface area contributed by atoms with Gasteiger partial charge in [0.2, 0.25) is 5.91 Å². The number of halogens is 1. The van der Waals surface area contributed by atoms with Gasteiger partial charge in [-0.25, -0.2) is 0 Å². The van der Waals surface area contributed by atoms with Crippen LogP contribution in [0, 0.1) is 11.3 Å². The molecule has 2 atom stereocenters. The van der Waals surface area contributed by atoms with Crippen molar-refractivity contribution < 1.29 is 20.9 Å². The summed E-state index contributed by atoms with van der Waals surface area (Å²) in [5.74, 6) is 0.796. The molecule has 0 aromatic heterocycles. The number of carbonyl (C=O) groups excluding carboxylic acids is 1. The van der Waals surface area contributed by atoms with Gasteiger partial charge in [-0.05, 0) is 63.0 Å². The number of allylic oxidation sites excluding steroid dienone is 4. The summed E-state index contributed by atoms with van der Waals surface area (Å²) in [5.41, 5.74) is 1.62. The van der Waals surface area contributed by atoms with E-state index < -0.39 is 0 Å². The van der Waals surface area contributed by atoms with Gasteiger partial charge < -0.3 is 26.3 Å². The van der Waals surface area contributed by atoms with E-state index in [2.05, 4.69) is 32.2 Å². The van der Waals surface area contributed by atoms with E-state index in [0.29, 0.717) is 5.92 Å². The number of rotatable bonds is 4. The van der Waals surface area contributed by atoms with Gasteiger partial charge in [-0.1, -0.05) is 64.3 Å². The number of likely N-dealkylation sites (N-methyl/N-ethyl adjacent to an activating group) is 1. The van der Waals surface area contributed by atoms with Gasteiger partial charge in [-0.15, -0.1) is 0 Å². The van der Waals surface area contributed by atoms with Crippen molar-refractivity contribution in [2.24, 2.45) is 11.3 Å². The number of aliphatic hydroxyl groups excluding tert-OH is 1. The van der Waals surface area contributed by atoms with Gasteiger partial charge in [-0.3, -0.25) is 4.79 Å². The molecule has 7 heteroatoms. The topological polar surface area (TPSA) is 116 Å². The molecule has 1 saturated carbocycles. The number of nitrogens with one attached hydrogen (secondary N) is 1. The van der Waals surface area contributed by atoms with E-state index in [1.807, 2.05) is 18.0 Å². The second-order valence-electron chi connectivity index (χ2n) is 9.13. The second kappa shape index (κ2) is 15.0. The Morgan fingerprint density at radius 3 is 2.23 bits per heavy atom. The summed E-state index contributed by atoms with van der Waals surface area (Å²) in [7, 11) is 1.87. The van der Waals surface area contributed by atoms with E-state index >= 15 is 0 Å². The third-order valence-electron chi connectivity index (χ3n) is 6.50. The van der Waals surface area contributed by atoms with Crippen molar-refractivity contribution in [3.05, 3.63) is 22.8 Å². The molecular weight excluding hydrogens is 416 g/mol. The lowest BCUT2D eigenvalue weighted by atomic mass is 9.68. The third-order valence-corrected chi connectivity index (χ3v) is 6.81. The molecule has 1 unspecified atom stereocenters. The van der Waals surface area contributed by atoms with Crippen LogP contribution in [0.4, 0.5) is 0 Å². The zero-order valence-electron chi connectivity index (χ0n) is 19.1. The van der Waals surface area contributed by atoms with Crippen LogP contribution in [0.2, 0.25) is 0 Å². The highest BCUT2D eigenvalue weighted by Gasteiger charge is 2.40. The summed E-state index contributed by atoms with van der Waals surface area (Å²) in [6.45, 7) is 8.33. The molecule has 1 amide bonds. The van der Waals surface area contributed by atoms with Crippen LogP contribution in [0.5, 0.6) is 0 Å². The molecule has 0 aromatic rings. The molecule has 2 fully saturated rings. The van der Waals surface area contributed by atoms with Crippen molar-refractivity contribution in [3.8, 4) is 0 Å². The lowest BCUT2D eigenvalue weighted by Crippen LogP contribution is -2.53. The Bertz CT molecular complexity index is 582. The summed E-state index contributed by atoms with van der Waals surface area (Å²) in [6.07, 6.45) is 12.8. The van der Waals surface area contributed by atoms with Gasteiger partial charge in [0.1, 0.15) is 0 Å². The maximum Gasteiger partial charge on any atom is 0.239 e. The number of likely N-dealkylation sites (tertiary alicyclic amines) is 1. The quantitative estimate of drug-likeness (QED) is 0.664. The first kappa shape index (κ1) is 32.3. The highest BCUT2D eigenvalue weighted by Crippen LogP contribution is 2.42. The summed E-state index contributed by atoms with van der Waals surface area (Å²) >= 11 is 6.08. The molecule has 3 rings (SSSR count). The van der Waals surface area contributed by atoms with Crippen molar-refractivity contribution in [2.75, 3.05) is 20.1 Å². The van der Waals surface area contributed by atoms with Crippen LogP contribution in [0.1, 0.15) is 79.6 Å². The fraction of sp³-hybridized carbons (Fsp3) is 0.792. The Balaban J connectivity index is 0. The van der Waals surface area contributed by atoms with Crippen LogP contribution in [0.15, 0.2) is 22.8 Å². The number of carbonyl (C=O) groups is 1. The lowest BCUT2D eigenvalue weighted by molar-refractivity contribution is -0.137. The molecule has 6 N–H and O–H groups in total. The van der Waals surface area contributed by atoms with E-state index in [1.54, 1.807) is 0 Å². The summed E-state index contributed by atoms with van der Waals surface area (Å²) < 4.78 is 0. The highest BCUT2D eigenvalue weighted by molar-refractivity contribution is 6.29. The fourth-order valence-electron chi connectivity index (χ4n) is 4.78. The van der Waals surface area contributed by atoms with Crippen LogP contribution >= 0.6 is 11.6 Å². The number of hydrogen-bond acceptors (Lipinski definition) is 3. The van der Waals surface area contributed by atoms with Gasteiger partial charge in [0.25, 0.3) is 0 Å². The molecule has 31 heavy (non-hydrogen) atoms. The molecule has 184 valence electrons. The Morgan fingerprint density at radius 2 is 1.84 bits per heavy atom. The SMILES string of the molecule is C.CC[C@@H](NC)C(=O)N1CCC(C2=CC=C(Cl)CC2)C(C)(C)C1.O.O.OC1CCCC1.